The zero-order valence-corrected chi connectivity index (χ0v) is 15.7. The van der Waals surface area contributed by atoms with Crippen molar-refractivity contribution in [3.05, 3.63) is 29.3 Å². The Labute approximate surface area is 155 Å². The first-order valence-corrected chi connectivity index (χ1v) is 9.92. The number of fused-ring (bicyclic) bond motifs is 1. The summed E-state index contributed by atoms with van der Waals surface area (Å²) in [6.07, 6.45) is 12.5. The quantitative estimate of drug-likeness (QED) is 0.427. The number of Topliss-reactive ketones (excluding diaryl/α,β-unsaturated/α-hetero) is 1. The number of amides is 2. The highest BCUT2D eigenvalue weighted by atomic mass is 16.2. The highest BCUT2D eigenvalue weighted by Gasteiger charge is 2.31. The molecule has 0 unspecified atom stereocenters. The molecule has 2 N–H and O–H groups in total. The second-order valence-electron chi connectivity index (χ2n) is 6.95. The van der Waals surface area contributed by atoms with E-state index >= 15 is 0 Å². The summed E-state index contributed by atoms with van der Waals surface area (Å²) in [7, 11) is 0. The van der Waals surface area contributed by atoms with Crippen LogP contribution in [0.15, 0.2) is 18.2 Å². The number of carbonyl (C=O) groups excluding carboxylic acids is 3. The fraction of sp³-hybridized carbons (Fsp3) is 0.571. The molecule has 0 saturated carbocycles. The Morgan fingerprint density at radius 3 is 2.19 bits per heavy atom. The average molecular weight is 358 g/mol. The van der Waals surface area contributed by atoms with E-state index in [-0.39, 0.29) is 11.5 Å². The number of benzene rings is 1. The molecule has 1 aliphatic heterocycles. The maximum absolute atomic E-state index is 12.3. The van der Waals surface area contributed by atoms with E-state index in [1.54, 1.807) is 18.2 Å². The summed E-state index contributed by atoms with van der Waals surface area (Å²) in [6, 6.07) is 4.83. The number of rotatable bonds is 12. The van der Waals surface area contributed by atoms with Crippen LogP contribution in [0.5, 0.6) is 0 Å². The van der Waals surface area contributed by atoms with Gasteiger partial charge < -0.3 is 10.6 Å². The van der Waals surface area contributed by atoms with Gasteiger partial charge in [0.2, 0.25) is 0 Å². The lowest BCUT2D eigenvalue weighted by atomic mass is 10.1. The Morgan fingerprint density at radius 2 is 1.54 bits per heavy atom. The molecule has 0 aromatic heterocycles. The van der Waals surface area contributed by atoms with Crippen molar-refractivity contribution in [2.75, 3.05) is 11.9 Å². The Morgan fingerprint density at radius 1 is 0.923 bits per heavy atom. The zero-order chi connectivity index (χ0) is 18.8. The zero-order valence-electron chi connectivity index (χ0n) is 15.7. The van der Waals surface area contributed by atoms with Gasteiger partial charge >= 0.3 is 0 Å². The van der Waals surface area contributed by atoms with Gasteiger partial charge in [0.25, 0.3) is 17.6 Å². The number of hydrogen-bond donors (Lipinski definition) is 2. The summed E-state index contributed by atoms with van der Waals surface area (Å²) < 4.78 is 0. The van der Waals surface area contributed by atoms with Crippen LogP contribution in [0.3, 0.4) is 0 Å². The SMILES string of the molecule is CCCCCCCCCCCCNC(=O)c1cccc2c1NC(=O)C2=O. The summed E-state index contributed by atoms with van der Waals surface area (Å²) in [5.41, 5.74) is 0.971. The van der Waals surface area contributed by atoms with E-state index in [1.165, 1.54) is 51.4 Å². The second kappa shape index (κ2) is 10.7. The minimum Gasteiger partial charge on any atom is -0.352 e. The minimum atomic E-state index is -0.671. The van der Waals surface area contributed by atoms with Gasteiger partial charge in [-0.3, -0.25) is 14.4 Å². The van der Waals surface area contributed by atoms with Gasteiger partial charge in [0.05, 0.1) is 16.8 Å². The molecule has 1 aromatic rings. The lowest BCUT2D eigenvalue weighted by Crippen LogP contribution is -2.25. The van der Waals surface area contributed by atoms with Crippen LogP contribution >= 0.6 is 0 Å². The highest BCUT2D eigenvalue weighted by Crippen LogP contribution is 2.27. The van der Waals surface area contributed by atoms with Gasteiger partial charge in [-0.1, -0.05) is 70.8 Å². The third-order valence-electron chi connectivity index (χ3n) is 4.81. The van der Waals surface area contributed by atoms with Crippen molar-refractivity contribution in [3.63, 3.8) is 0 Å². The van der Waals surface area contributed by atoms with Crippen LogP contribution in [0.2, 0.25) is 0 Å². The van der Waals surface area contributed by atoms with Crippen molar-refractivity contribution in [1.29, 1.82) is 0 Å². The molecule has 2 rings (SSSR count). The van der Waals surface area contributed by atoms with Crippen molar-refractivity contribution >= 4 is 23.3 Å². The van der Waals surface area contributed by atoms with Gasteiger partial charge in [-0.25, -0.2) is 0 Å². The van der Waals surface area contributed by atoms with Crippen LogP contribution < -0.4 is 10.6 Å². The number of hydrogen-bond acceptors (Lipinski definition) is 3. The minimum absolute atomic E-state index is 0.243. The van der Waals surface area contributed by atoms with E-state index in [2.05, 4.69) is 17.6 Å². The van der Waals surface area contributed by atoms with E-state index < -0.39 is 11.7 Å². The van der Waals surface area contributed by atoms with Crippen molar-refractivity contribution in [1.82, 2.24) is 5.32 Å². The molecule has 2 amide bonds. The van der Waals surface area contributed by atoms with Gasteiger partial charge in [0, 0.05) is 6.54 Å². The standard InChI is InChI=1S/C21H30N2O3/c1-2-3-4-5-6-7-8-9-10-11-15-22-20(25)17-14-12-13-16-18(17)23-21(26)19(16)24/h12-14H,2-11,15H2,1H3,(H,22,25)(H,23,24,26). The lowest BCUT2D eigenvalue weighted by Gasteiger charge is -2.08. The number of nitrogens with one attached hydrogen (secondary N) is 2. The molecule has 1 aliphatic rings. The van der Waals surface area contributed by atoms with Gasteiger partial charge in [-0.05, 0) is 18.6 Å². The van der Waals surface area contributed by atoms with Crippen molar-refractivity contribution in [2.45, 2.75) is 71.1 Å². The molecular formula is C21H30N2O3. The molecule has 0 atom stereocenters. The van der Waals surface area contributed by atoms with Crippen molar-refractivity contribution in [2.24, 2.45) is 0 Å². The normalized spacial score (nSPS) is 12.8. The number of anilines is 1. The predicted octanol–water partition coefficient (Wildman–Crippen LogP) is 4.47. The fourth-order valence-corrected chi connectivity index (χ4v) is 3.27. The lowest BCUT2D eigenvalue weighted by molar-refractivity contribution is -0.112. The van der Waals surface area contributed by atoms with Crippen LogP contribution in [0.4, 0.5) is 5.69 Å². The van der Waals surface area contributed by atoms with Crippen molar-refractivity contribution < 1.29 is 14.4 Å². The van der Waals surface area contributed by atoms with Gasteiger partial charge in [-0.15, -0.1) is 0 Å². The number of para-hydroxylation sites is 1. The van der Waals surface area contributed by atoms with Crippen LogP contribution in [-0.2, 0) is 4.79 Å². The smallest absolute Gasteiger partial charge is 0.296 e. The maximum atomic E-state index is 12.3. The van der Waals surface area contributed by atoms with Gasteiger partial charge in [0.15, 0.2) is 0 Å². The molecule has 26 heavy (non-hydrogen) atoms. The predicted molar refractivity (Wildman–Crippen MR) is 104 cm³/mol. The third kappa shape index (κ3) is 5.68. The molecule has 0 saturated heterocycles. The topological polar surface area (TPSA) is 75.3 Å². The number of ketones is 1. The average Bonchev–Trinajstić information content (AvgIpc) is 2.94. The van der Waals surface area contributed by atoms with Gasteiger partial charge in [-0.2, -0.15) is 0 Å². The fourth-order valence-electron chi connectivity index (χ4n) is 3.27. The maximum Gasteiger partial charge on any atom is 0.296 e. The highest BCUT2D eigenvalue weighted by molar-refractivity contribution is 6.52. The summed E-state index contributed by atoms with van der Waals surface area (Å²) in [4.78, 5) is 35.5. The summed E-state index contributed by atoms with van der Waals surface area (Å²) in [5.74, 6) is -1.49. The molecular weight excluding hydrogens is 328 g/mol. The molecule has 0 spiro atoms. The molecule has 5 heteroatoms. The Hall–Kier alpha value is -2.17. The van der Waals surface area contributed by atoms with E-state index in [1.807, 2.05) is 0 Å². The van der Waals surface area contributed by atoms with Crippen LogP contribution in [-0.4, -0.2) is 24.1 Å². The summed E-state index contributed by atoms with van der Waals surface area (Å²) in [6.45, 7) is 2.85. The largest absolute Gasteiger partial charge is 0.352 e. The first kappa shape index (κ1) is 20.1. The van der Waals surface area contributed by atoms with Crippen LogP contribution in [0, 0.1) is 0 Å². The summed E-state index contributed by atoms with van der Waals surface area (Å²) >= 11 is 0. The number of carbonyl (C=O) groups is 3. The molecule has 1 heterocycles. The molecule has 5 nitrogen and oxygen atoms in total. The van der Waals surface area contributed by atoms with E-state index in [0.717, 1.165) is 12.8 Å². The molecule has 0 fully saturated rings. The second-order valence-corrected chi connectivity index (χ2v) is 6.95. The first-order chi connectivity index (χ1) is 12.6. The molecule has 142 valence electrons. The van der Waals surface area contributed by atoms with Crippen LogP contribution in [0.1, 0.15) is 91.8 Å². The molecule has 0 aliphatic carbocycles. The number of unbranched alkanes of at least 4 members (excludes halogenated alkanes) is 9. The van der Waals surface area contributed by atoms with Gasteiger partial charge in [0.1, 0.15) is 0 Å². The van der Waals surface area contributed by atoms with E-state index in [0.29, 0.717) is 17.8 Å². The Kier molecular flexibility index (Phi) is 8.32. The molecule has 0 bridgehead atoms. The Bertz CT molecular complexity index is 640. The van der Waals surface area contributed by atoms with Crippen LogP contribution in [0.25, 0.3) is 0 Å². The first-order valence-electron chi connectivity index (χ1n) is 9.92. The monoisotopic (exact) mass is 358 g/mol. The van der Waals surface area contributed by atoms with Crippen molar-refractivity contribution in [3.8, 4) is 0 Å². The van der Waals surface area contributed by atoms with E-state index in [9.17, 15) is 14.4 Å². The molecule has 1 aromatic carbocycles. The Balaban J connectivity index is 1.61. The third-order valence-corrected chi connectivity index (χ3v) is 4.81. The summed E-state index contributed by atoms with van der Waals surface area (Å²) in [5, 5.41) is 5.37. The molecule has 0 radical (unpaired) electrons. The van der Waals surface area contributed by atoms with E-state index in [4.69, 9.17) is 0 Å².